The number of alkyl carbamates (subject to hydrolysis) is 1. The minimum atomic E-state index is -0.511. The first-order valence-electron chi connectivity index (χ1n) is 7.02. The normalized spacial score (nSPS) is 10.9. The summed E-state index contributed by atoms with van der Waals surface area (Å²) in [5, 5.41) is 16.4. The van der Waals surface area contributed by atoms with E-state index in [4.69, 9.17) is 4.74 Å². The number of carbonyl (C=O) groups is 1. The van der Waals surface area contributed by atoms with Gasteiger partial charge in [0, 0.05) is 19.2 Å². The molecule has 2 N–H and O–H groups in total. The lowest BCUT2D eigenvalue weighted by atomic mass is 10.2. The maximum Gasteiger partial charge on any atom is 0.407 e. The molecule has 122 valence electrons. The minimum absolute atomic E-state index is 0.00265. The van der Waals surface area contributed by atoms with Crippen molar-refractivity contribution in [2.24, 2.45) is 0 Å². The highest BCUT2D eigenvalue weighted by molar-refractivity contribution is 5.67. The molecule has 0 bridgehead atoms. The first kappa shape index (κ1) is 17.7. The van der Waals surface area contributed by atoms with E-state index in [0.717, 1.165) is 0 Å². The van der Waals surface area contributed by atoms with E-state index in [1.807, 2.05) is 0 Å². The zero-order valence-corrected chi connectivity index (χ0v) is 13.3. The molecule has 0 radical (unpaired) electrons. The number of nitro groups is 1. The number of aryl methyl sites for hydroxylation is 1. The number of nitrogens with one attached hydrogen (secondary N) is 2. The summed E-state index contributed by atoms with van der Waals surface area (Å²) in [5.74, 6) is 0.570. The molecule has 0 saturated carbocycles. The lowest BCUT2D eigenvalue weighted by Crippen LogP contribution is -2.33. The number of rotatable bonds is 6. The van der Waals surface area contributed by atoms with Gasteiger partial charge in [0.15, 0.2) is 0 Å². The van der Waals surface area contributed by atoms with Gasteiger partial charge in [-0.1, -0.05) is 0 Å². The minimum Gasteiger partial charge on any atom is -0.444 e. The van der Waals surface area contributed by atoms with Crippen molar-refractivity contribution in [1.29, 1.82) is 0 Å². The fourth-order valence-corrected chi connectivity index (χ4v) is 1.65. The van der Waals surface area contributed by atoms with Crippen LogP contribution in [0.2, 0.25) is 0 Å². The molecule has 0 atom stereocenters. The van der Waals surface area contributed by atoms with Gasteiger partial charge >= 0.3 is 6.09 Å². The van der Waals surface area contributed by atoms with Crippen LogP contribution in [-0.4, -0.2) is 34.7 Å². The van der Waals surface area contributed by atoms with Crippen LogP contribution in [-0.2, 0) is 4.74 Å². The molecule has 1 rings (SSSR count). The Hall–Kier alpha value is -2.38. The van der Waals surface area contributed by atoms with Crippen LogP contribution < -0.4 is 10.6 Å². The highest BCUT2D eigenvalue weighted by Gasteiger charge is 2.15. The Morgan fingerprint density at radius 2 is 2.05 bits per heavy atom. The Bertz CT molecular complexity index is 540. The molecule has 1 aromatic rings. The number of carbonyl (C=O) groups excluding carboxylic acids is 1. The van der Waals surface area contributed by atoms with Gasteiger partial charge in [0.25, 0.3) is 5.69 Å². The van der Waals surface area contributed by atoms with E-state index < -0.39 is 16.6 Å². The van der Waals surface area contributed by atoms with Crippen molar-refractivity contribution < 1.29 is 14.5 Å². The van der Waals surface area contributed by atoms with Crippen LogP contribution >= 0.6 is 0 Å². The summed E-state index contributed by atoms with van der Waals surface area (Å²) in [4.78, 5) is 25.7. The Labute approximate surface area is 129 Å². The molecule has 0 unspecified atom stereocenters. The lowest BCUT2D eigenvalue weighted by Gasteiger charge is -2.19. The van der Waals surface area contributed by atoms with Crippen molar-refractivity contribution in [3.63, 3.8) is 0 Å². The number of hydrogen-bond donors (Lipinski definition) is 2. The first-order chi connectivity index (χ1) is 10.2. The summed E-state index contributed by atoms with van der Waals surface area (Å²) in [6.45, 7) is 8.05. The molecule has 0 aromatic carbocycles. The number of nitrogens with zero attached hydrogens (tertiary/aromatic N) is 2. The zero-order valence-electron chi connectivity index (χ0n) is 13.3. The van der Waals surface area contributed by atoms with Gasteiger partial charge in [-0.3, -0.25) is 10.1 Å². The van der Waals surface area contributed by atoms with Gasteiger partial charge in [-0.15, -0.1) is 0 Å². The third-order valence-corrected chi connectivity index (χ3v) is 2.58. The maximum atomic E-state index is 11.4. The van der Waals surface area contributed by atoms with Gasteiger partial charge in [0.05, 0.1) is 4.92 Å². The second-order valence-electron chi connectivity index (χ2n) is 5.77. The molecule has 0 spiro atoms. The van der Waals surface area contributed by atoms with Crippen molar-refractivity contribution in [2.75, 3.05) is 18.4 Å². The van der Waals surface area contributed by atoms with E-state index >= 15 is 0 Å². The van der Waals surface area contributed by atoms with Crippen LogP contribution in [0.15, 0.2) is 12.1 Å². The molecule has 0 aliphatic carbocycles. The van der Waals surface area contributed by atoms with Crippen LogP contribution in [0, 0.1) is 17.0 Å². The first-order valence-corrected chi connectivity index (χ1v) is 7.02. The van der Waals surface area contributed by atoms with Crippen LogP contribution in [0.4, 0.5) is 16.3 Å². The highest BCUT2D eigenvalue weighted by atomic mass is 16.6. The molecular weight excluding hydrogens is 288 g/mol. The van der Waals surface area contributed by atoms with Crippen molar-refractivity contribution in [3.05, 3.63) is 27.9 Å². The van der Waals surface area contributed by atoms with Gasteiger partial charge < -0.3 is 15.4 Å². The van der Waals surface area contributed by atoms with E-state index in [1.165, 1.54) is 6.07 Å². The lowest BCUT2D eigenvalue weighted by molar-refractivity contribution is -0.385. The van der Waals surface area contributed by atoms with E-state index in [9.17, 15) is 14.9 Å². The Kier molecular flexibility index (Phi) is 6.09. The quantitative estimate of drug-likeness (QED) is 0.475. The Balaban J connectivity index is 2.29. The van der Waals surface area contributed by atoms with Gasteiger partial charge in [-0.25, -0.2) is 9.78 Å². The van der Waals surface area contributed by atoms with Crippen LogP contribution in [0.3, 0.4) is 0 Å². The average molecular weight is 310 g/mol. The fraction of sp³-hybridized carbons (Fsp3) is 0.571. The molecule has 22 heavy (non-hydrogen) atoms. The van der Waals surface area contributed by atoms with Crippen LogP contribution in [0.5, 0.6) is 0 Å². The molecule has 1 aromatic heterocycles. The molecule has 0 aliphatic rings. The largest absolute Gasteiger partial charge is 0.444 e. The molecule has 1 amide bonds. The summed E-state index contributed by atoms with van der Waals surface area (Å²) < 4.78 is 5.11. The number of anilines is 1. The van der Waals surface area contributed by atoms with Crippen molar-refractivity contribution in [1.82, 2.24) is 10.3 Å². The Morgan fingerprint density at radius 3 is 2.59 bits per heavy atom. The van der Waals surface area contributed by atoms with Gasteiger partial charge in [0.2, 0.25) is 0 Å². The molecule has 0 saturated heterocycles. The second-order valence-corrected chi connectivity index (χ2v) is 5.77. The predicted octanol–water partition coefficient (Wildman–Crippen LogP) is 2.62. The summed E-state index contributed by atoms with van der Waals surface area (Å²) in [6, 6.07) is 2.98. The molecule has 8 nitrogen and oxygen atoms in total. The van der Waals surface area contributed by atoms with Crippen molar-refractivity contribution >= 4 is 17.6 Å². The monoisotopic (exact) mass is 310 g/mol. The SMILES string of the molecule is Cc1nc(NCCCNC(=O)OC(C)(C)C)ccc1[N+](=O)[O-]. The maximum absolute atomic E-state index is 11.4. The van der Waals surface area contributed by atoms with Crippen LogP contribution in [0.1, 0.15) is 32.9 Å². The fourth-order valence-electron chi connectivity index (χ4n) is 1.65. The number of ether oxygens (including phenoxy) is 1. The summed E-state index contributed by atoms with van der Waals surface area (Å²) in [6.07, 6.45) is 0.230. The van der Waals surface area contributed by atoms with E-state index in [0.29, 0.717) is 31.0 Å². The predicted molar refractivity (Wildman–Crippen MR) is 83.0 cm³/mol. The smallest absolute Gasteiger partial charge is 0.407 e. The van der Waals surface area contributed by atoms with Gasteiger partial charge in [0.1, 0.15) is 17.1 Å². The molecule has 0 aliphatic heterocycles. The van der Waals surface area contributed by atoms with Crippen molar-refractivity contribution in [2.45, 2.75) is 39.7 Å². The standard InChI is InChI=1S/C14H22N4O4/c1-10-11(18(20)21)6-7-12(17-10)15-8-5-9-16-13(19)22-14(2,3)4/h6-7H,5,8-9H2,1-4H3,(H,15,17)(H,16,19). The second kappa shape index (κ2) is 7.58. The molecule has 8 heteroatoms. The number of amides is 1. The summed E-state index contributed by atoms with van der Waals surface area (Å²) in [5.41, 5.74) is -0.151. The molecular formula is C14H22N4O4. The Morgan fingerprint density at radius 1 is 1.36 bits per heavy atom. The summed E-state index contributed by atoms with van der Waals surface area (Å²) in [7, 11) is 0. The number of hydrogen-bond acceptors (Lipinski definition) is 6. The van der Waals surface area contributed by atoms with Gasteiger partial charge in [-0.2, -0.15) is 0 Å². The molecule has 0 fully saturated rings. The van der Waals surface area contributed by atoms with E-state index in [-0.39, 0.29) is 5.69 Å². The van der Waals surface area contributed by atoms with Crippen molar-refractivity contribution in [3.8, 4) is 0 Å². The topological polar surface area (TPSA) is 106 Å². The number of aromatic nitrogens is 1. The highest BCUT2D eigenvalue weighted by Crippen LogP contribution is 2.17. The third-order valence-electron chi connectivity index (χ3n) is 2.58. The number of pyridine rings is 1. The molecule has 1 heterocycles. The van der Waals surface area contributed by atoms with E-state index in [1.54, 1.807) is 33.8 Å². The average Bonchev–Trinajstić information content (AvgIpc) is 2.35. The summed E-state index contributed by atoms with van der Waals surface area (Å²) >= 11 is 0. The third kappa shape index (κ3) is 6.38. The zero-order chi connectivity index (χ0) is 16.8. The van der Waals surface area contributed by atoms with Crippen LogP contribution in [0.25, 0.3) is 0 Å². The van der Waals surface area contributed by atoms with E-state index in [2.05, 4.69) is 15.6 Å². The van der Waals surface area contributed by atoms with Gasteiger partial charge in [-0.05, 0) is 40.2 Å².